The van der Waals surface area contributed by atoms with E-state index in [1.54, 1.807) is 0 Å². The highest BCUT2D eigenvalue weighted by Crippen LogP contribution is 2.24. The van der Waals surface area contributed by atoms with Crippen LogP contribution in [0.4, 0.5) is 0 Å². The van der Waals surface area contributed by atoms with Crippen molar-refractivity contribution in [1.29, 1.82) is 0 Å². The fourth-order valence-electron chi connectivity index (χ4n) is 2.63. The van der Waals surface area contributed by atoms with Crippen LogP contribution in [0.25, 0.3) is 0 Å². The van der Waals surface area contributed by atoms with Gasteiger partial charge in [-0.25, -0.2) is 0 Å². The maximum Gasteiger partial charge on any atom is 0.0674 e. The highest BCUT2D eigenvalue weighted by molar-refractivity contribution is 5.21. The summed E-state index contributed by atoms with van der Waals surface area (Å²) in [5.41, 5.74) is 8.43. The Labute approximate surface area is 109 Å². The number of rotatable bonds is 3. The SMILES string of the molecule is Cc1c(C(CN)N2CCCOC(C)C2)cnn1C. The predicted molar refractivity (Wildman–Crippen MR) is 71.3 cm³/mol. The standard InChI is InChI=1S/C13H24N4O/c1-10-9-17(5-4-6-18-10)13(7-14)12-8-15-16(3)11(12)2/h8,10,13H,4-7,9,14H2,1-3H3. The Balaban J connectivity index is 2.19. The van der Waals surface area contributed by atoms with E-state index in [-0.39, 0.29) is 12.1 Å². The molecule has 2 atom stereocenters. The molecule has 0 aromatic carbocycles. The van der Waals surface area contributed by atoms with Crippen LogP contribution in [0.3, 0.4) is 0 Å². The van der Waals surface area contributed by atoms with Gasteiger partial charge < -0.3 is 10.5 Å². The molecule has 18 heavy (non-hydrogen) atoms. The molecular formula is C13H24N4O. The lowest BCUT2D eigenvalue weighted by Crippen LogP contribution is -2.38. The second-order valence-corrected chi connectivity index (χ2v) is 5.09. The molecule has 1 aliphatic rings. The van der Waals surface area contributed by atoms with Crippen LogP contribution in [0, 0.1) is 6.92 Å². The van der Waals surface area contributed by atoms with Gasteiger partial charge in [0.05, 0.1) is 18.3 Å². The van der Waals surface area contributed by atoms with Gasteiger partial charge in [0, 0.05) is 44.5 Å². The molecule has 2 N–H and O–H groups in total. The van der Waals surface area contributed by atoms with E-state index in [0.29, 0.717) is 6.54 Å². The molecule has 0 spiro atoms. The minimum absolute atomic E-state index is 0.253. The predicted octanol–water partition coefficient (Wildman–Crippen LogP) is 0.839. The maximum atomic E-state index is 5.99. The molecule has 0 saturated carbocycles. The third-order valence-corrected chi connectivity index (χ3v) is 3.78. The molecular weight excluding hydrogens is 228 g/mol. The Morgan fingerprint density at radius 3 is 3.00 bits per heavy atom. The third kappa shape index (κ3) is 2.74. The van der Waals surface area contributed by atoms with Gasteiger partial charge in [-0.15, -0.1) is 0 Å². The highest BCUT2D eigenvalue weighted by atomic mass is 16.5. The van der Waals surface area contributed by atoms with E-state index in [9.17, 15) is 0 Å². The summed E-state index contributed by atoms with van der Waals surface area (Å²) >= 11 is 0. The van der Waals surface area contributed by atoms with E-state index in [1.165, 1.54) is 11.3 Å². The largest absolute Gasteiger partial charge is 0.377 e. The quantitative estimate of drug-likeness (QED) is 0.866. The topological polar surface area (TPSA) is 56.3 Å². The van der Waals surface area contributed by atoms with Crippen LogP contribution in [0.15, 0.2) is 6.20 Å². The van der Waals surface area contributed by atoms with E-state index in [4.69, 9.17) is 10.5 Å². The lowest BCUT2D eigenvalue weighted by molar-refractivity contribution is 0.0611. The number of nitrogens with two attached hydrogens (primary N) is 1. The summed E-state index contributed by atoms with van der Waals surface area (Å²) in [4.78, 5) is 2.43. The van der Waals surface area contributed by atoms with Crippen LogP contribution >= 0.6 is 0 Å². The van der Waals surface area contributed by atoms with Crippen molar-refractivity contribution in [1.82, 2.24) is 14.7 Å². The zero-order valence-electron chi connectivity index (χ0n) is 11.6. The van der Waals surface area contributed by atoms with Crippen LogP contribution in [0.2, 0.25) is 0 Å². The molecule has 1 aromatic rings. The summed E-state index contributed by atoms with van der Waals surface area (Å²) in [6.45, 7) is 7.68. The molecule has 0 radical (unpaired) electrons. The molecule has 0 aliphatic carbocycles. The average molecular weight is 252 g/mol. The van der Waals surface area contributed by atoms with Crippen LogP contribution in [0.1, 0.15) is 30.6 Å². The van der Waals surface area contributed by atoms with E-state index in [1.807, 2.05) is 17.9 Å². The molecule has 102 valence electrons. The van der Waals surface area contributed by atoms with Gasteiger partial charge in [0.1, 0.15) is 0 Å². The summed E-state index contributed by atoms with van der Waals surface area (Å²) in [7, 11) is 1.97. The van der Waals surface area contributed by atoms with Crippen molar-refractivity contribution in [2.24, 2.45) is 12.8 Å². The number of ether oxygens (including phenoxy) is 1. The zero-order valence-corrected chi connectivity index (χ0v) is 11.6. The highest BCUT2D eigenvalue weighted by Gasteiger charge is 2.25. The first-order valence-electron chi connectivity index (χ1n) is 6.67. The Morgan fingerprint density at radius 2 is 2.39 bits per heavy atom. The Hall–Kier alpha value is -0.910. The molecule has 5 nitrogen and oxygen atoms in total. The Morgan fingerprint density at radius 1 is 1.61 bits per heavy atom. The fraction of sp³-hybridized carbons (Fsp3) is 0.769. The normalized spacial score (nSPS) is 23.9. The van der Waals surface area contributed by atoms with Crippen LogP contribution < -0.4 is 5.73 Å². The van der Waals surface area contributed by atoms with Crippen molar-refractivity contribution >= 4 is 0 Å². The minimum Gasteiger partial charge on any atom is -0.377 e. The third-order valence-electron chi connectivity index (χ3n) is 3.78. The van der Waals surface area contributed by atoms with E-state index < -0.39 is 0 Å². The van der Waals surface area contributed by atoms with Crippen LogP contribution in [-0.4, -0.2) is 47.0 Å². The number of aryl methyl sites for hydroxylation is 1. The van der Waals surface area contributed by atoms with Crippen LogP contribution in [0.5, 0.6) is 0 Å². The summed E-state index contributed by atoms with van der Waals surface area (Å²) in [6.07, 6.45) is 3.29. The summed E-state index contributed by atoms with van der Waals surface area (Å²) in [6, 6.07) is 0.253. The van der Waals surface area contributed by atoms with Gasteiger partial charge in [-0.3, -0.25) is 9.58 Å². The maximum absolute atomic E-state index is 5.99. The molecule has 1 saturated heterocycles. The molecule has 2 rings (SSSR count). The number of hydrogen-bond acceptors (Lipinski definition) is 4. The van der Waals surface area contributed by atoms with E-state index >= 15 is 0 Å². The van der Waals surface area contributed by atoms with Gasteiger partial charge in [0.2, 0.25) is 0 Å². The second-order valence-electron chi connectivity index (χ2n) is 5.09. The first-order chi connectivity index (χ1) is 8.63. The molecule has 2 unspecified atom stereocenters. The summed E-state index contributed by atoms with van der Waals surface area (Å²) < 4.78 is 7.61. The Bertz CT molecular complexity index is 390. The minimum atomic E-state index is 0.253. The smallest absolute Gasteiger partial charge is 0.0674 e. The van der Waals surface area contributed by atoms with Crippen molar-refractivity contribution < 1.29 is 4.74 Å². The number of hydrogen-bond donors (Lipinski definition) is 1. The molecule has 5 heteroatoms. The van der Waals surface area contributed by atoms with E-state index in [0.717, 1.165) is 26.1 Å². The molecule has 1 fully saturated rings. The molecule has 1 aliphatic heterocycles. The van der Waals surface area contributed by atoms with Gasteiger partial charge in [0.15, 0.2) is 0 Å². The van der Waals surface area contributed by atoms with Gasteiger partial charge >= 0.3 is 0 Å². The van der Waals surface area contributed by atoms with Gasteiger partial charge in [-0.1, -0.05) is 0 Å². The lowest BCUT2D eigenvalue weighted by Gasteiger charge is -2.30. The summed E-state index contributed by atoms with van der Waals surface area (Å²) in [5.74, 6) is 0. The first kappa shape index (κ1) is 13.5. The van der Waals surface area contributed by atoms with Crippen LogP contribution in [-0.2, 0) is 11.8 Å². The number of aromatic nitrogens is 2. The average Bonchev–Trinajstić information content (AvgIpc) is 2.55. The Kier molecular flexibility index (Phi) is 4.37. The van der Waals surface area contributed by atoms with Crippen molar-refractivity contribution in [3.8, 4) is 0 Å². The molecule has 2 heterocycles. The van der Waals surface area contributed by atoms with Crippen molar-refractivity contribution in [2.75, 3.05) is 26.2 Å². The van der Waals surface area contributed by atoms with E-state index in [2.05, 4.69) is 23.8 Å². The fourth-order valence-corrected chi connectivity index (χ4v) is 2.63. The van der Waals surface area contributed by atoms with Crippen molar-refractivity contribution in [3.05, 3.63) is 17.5 Å². The molecule has 0 amide bonds. The first-order valence-corrected chi connectivity index (χ1v) is 6.67. The van der Waals surface area contributed by atoms with Crippen molar-refractivity contribution in [3.63, 3.8) is 0 Å². The van der Waals surface area contributed by atoms with Gasteiger partial charge in [-0.05, 0) is 20.3 Å². The molecule has 0 bridgehead atoms. The molecule has 1 aromatic heterocycles. The summed E-state index contributed by atoms with van der Waals surface area (Å²) in [5, 5.41) is 4.33. The van der Waals surface area contributed by atoms with Gasteiger partial charge in [0.25, 0.3) is 0 Å². The lowest BCUT2D eigenvalue weighted by atomic mass is 10.1. The van der Waals surface area contributed by atoms with Crippen molar-refractivity contribution in [2.45, 2.75) is 32.4 Å². The number of nitrogens with zero attached hydrogens (tertiary/aromatic N) is 3. The monoisotopic (exact) mass is 252 g/mol. The zero-order chi connectivity index (χ0) is 13.1. The van der Waals surface area contributed by atoms with Gasteiger partial charge in [-0.2, -0.15) is 5.10 Å². The second kappa shape index (κ2) is 5.82.